The minimum Gasteiger partial charge on any atom is -0.497 e. The Kier molecular flexibility index (Phi) is 9.70. The van der Waals surface area contributed by atoms with Gasteiger partial charge in [0.25, 0.3) is 11.8 Å². The third kappa shape index (κ3) is 7.96. The molecule has 234 valence electrons. The number of carbonyl (C=O) groups is 3. The molecule has 1 heterocycles. The van der Waals surface area contributed by atoms with E-state index in [1.165, 1.54) is 0 Å². The van der Waals surface area contributed by atoms with Crippen LogP contribution in [0.5, 0.6) is 5.75 Å². The van der Waals surface area contributed by atoms with Crippen molar-refractivity contribution in [2.75, 3.05) is 20.2 Å². The summed E-state index contributed by atoms with van der Waals surface area (Å²) < 4.78 is 10.7. The highest BCUT2D eigenvalue weighted by molar-refractivity contribution is 6.34. The standard InChI is InChI=1S/C36H36Cl2N2O5/c1-36(2,3)45-33(41)13-14-39-34(42)22-5-7-23(8-6-22)35(43)40-21-28(27-16-29(37)20-30(38)17-27)19-32(40)26-10-9-25-18-31(44-4)12-11-24(25)15-26/h5-12,15-18,20,28,32H,13-14,19,21H2,1-4H3,(H,39,42)/t28-,32-/m1/s1. The molecule has 1 saturated heterocycles. The van der Waals surface area contributed by atoms with Gasteiger partial charge in [-0.3, -0.25) is 14.4 Å². The third-order valence-corrected chi connectivity index (χ3v) is 8.24. The number of nitrogens with one attached hydrogen (secondary N) is 1. The first-order chi connectivity index (χ1) is 21.4. The van der Waals surface area contributed by atoms with Crippen molar-refractivity contribution >= 4 is 51.8 Å². The molecule has 2 amide bonds. The molecular formula is C36H36Cl2N2O5. The van der Waals surface area contributed by atoms with E-state index in [0.29, 0.717) is 34.1 Å². The highest BCUT2D eigenvalue weighted by Crippen LogP contribution is 2.43. The van der Waals surface area contributed by atoms with Gasteiger partial charge in [-0.1, -0.05) is 41.4 Å². The topological polar surface area (TPSA) is 84.9 Å². The fourth-order valence-electron chi connectivity index (χ4n) is 5.71. The summed E-state index contributed by atoms with van der Waals surface area (Å²) in [4.78, 5) is 40.6. The first-order valence-electron chi connectivity index (χ1n) is 14.8. The highest BCUT2D eigenvalue weighted by Gasteiger charge is 2.37. The zero-order valence-electron chi connectivity index (χ0n) is 25.7. The third-order valence-electron chi connectivity index (χ3n) is 7.80. The van der Waals surface area contributed by atoms with Gasteiger partial charge in [-0.15, -0.1) is 0 Å². The summed E-state index contributed by atoms with van der Waals surface area (Å²) in [6, 6.07) is 24.1. The summed E-state index contributed by atoms with van der Waals surface area (Å²) in [6.45, 7) is 6.01. The number of hydrogen-bond acceptors (Lipinski definition) is 5. The predicted octanol–water partition coefficient (Wildman–Crippen LogP) is 7.99. The van der Waals surface area contributed by atoms with Gasteiger partial charge in [-0.05, 0) is 110 Å². The average molecular weight is 648 g/mol. The fraction of sp³-hybridized carbons (Fsp3) is 0.306. The number of halogens is 2. The lowest BCUT2D eigenvalue weighted by Crippen LogP contribution is -2.31. The maximum absolute atomic E-state index is 14.0. The molecule has 0 aliphatic carbocycles. The van der Waals surface area contributed by atoms with Crippen molar-refractivity contribution in [3.05, 3.63) is 111 Å². The van der Waals surface area contributed by atoms with E-state index in [4.69, 9.17) is 32.7 Å². The van der Waals surface area contributed by atoms with Crippen molar-refractivity contribution in [3.63, 3.8) is 0 Å². The van der Waals surface area contributed by atoms with Crippen LogP contribution in [0.1, 0.15) is 77.4 Å². The van der Waals surface area contributed by atoms with E-state index in [1.54, 1.807) is 58.2 Å². The maximum Gasteiger partial charge on any atom is 0.308 e. The van der Waals surface area contributed by atoms with Crippen LogP contribution in [0, 0.1) is 0 Å². The van der Waals surface area contributed by atoms with Gasteiger partial charge in [-0.2, -0.15) is 0 Å². The summed E-state index contributed by atoms with van der Waals surface area (Å²) in [6.07, 6.45) is 0.763. The second-order valence-electron chi connectivity index (χ2n) is 12.3. The molecular weight excluding hydrogens is 611 g/mol. The monoisotopic (exact) mass is 646 g/mol. The molecule has 1 N–H and O–H groups in total. The van der Waals surface area contributed by atoms with Gasteiger partial charge in [0.2, 0.25) is 0 Å². The Hall–Kier alpha value is -4.07. The van der Waals surface area contributed by atoms with Crippen LogP contribution in [-0.4, -0.2) is 48.5 Å². The maximum atomic E-state index is 14.0. The van der Waals surface area contributed by atoms with Crippen LogP contribution in [0.3, 0.4) is 0 Å². The van der Waals surface area contributed by atoms with E-state index in [0.717, 1.165) is 27.6 Å². The summed E-state index contributed by atoms with van der Waals surface area (Å²) in [5, 5.41) is 5.95. The van der Waals surface area contributed by atoms with Crippen LogP contribution in [-0.2, 0) is 9.53 Å². The second-order valence-corrected chi connectivity index (χ2v) is 13.1. The number of ether oxygens (including phenoxy) is 2. The Bertz CT molecular complexity index is 1710. The van der Waals surface area contributed by atoms with Crippen LogP contribution in [0.25, 0.3) is 10.8 Å². The molecule has 0 aromatic heterocycles. The lowest BCUT2D eigenvalue weighted by Gasteiger charge is -2.25. The summed E-state index contributed by atoms with van der Waals surface area (Å²) in [7, 11) is 1.64. The number of methoxy groups -OCH3 is 1. The number of nitrogens with zero attached hydrogens (tertiary/aromatic N) is 1. The van der Waals surface area contributed by atoms with Crippen LogP contribution in [0.4, 0.5) is 0 Å². The Labute approximate surface area is 273 Å². The van der Waals surface area contributed by atoms with E-state index in [2.05, 4.69) is 23.5 Å². The van der Waals surface area contributed by atoms with Gasteiger partial charge in [-0.25, -0.2) is 0 Å². The molecule has 0 spiro atoms. The average Bonchev–Trinajstić information content (AvgIpc) is 3.44. The van der Waals surface area contributed by atoms with Crippen molar-refractivity contribution in [1.29, 1.82) is 0 Å². The highest BCUT2D eigenvalue weighted by atomic mass is 35.5. The molecule has 5 rings (SSSR count). The van der Waals surface area contributed by atoms with Crippen LogP contribution >= 0.6 is 23.2 Å². The summed E-state index contributed by atoms with van der Waals surface area (Å²) in [5.41, 5.74) is 2.29. The van der Waals surface area contributed by atoms with E-state index < -0.39 is 5.60 Å². The minimum absolute atomic E-state index is 0.0248. The Balaban J connectivity index is 1.35. The van der Waals surface area contributed by atoms with Gasteiger partial charge in [0.15, 0.2) is 0 Å². The van der Waals surface area contributed by atoms with Gasteiger partial charge >= 0.3 is 5.97 Å². The zero-order chi connectivity index (χ0) is 32.3. The van der Waals surface area contributed by atoms with Gasteiger partial charge < -0.3 is 19.7 Å². The lowest BCUT2D eigenvalue weighted by atomic mass is 9.93. The van der Waals surface area contributed by atoms with Crippen molar-refractivity contribution in [2.45, 2.75) is 51.2 Å². The Morgan fingerprint density at radius 2 is 1.49 bits per heavy atom. The Morgan fingerprint density at radius 1 is 0.844 bits per heavy atom. The van der Waals surface area contributed by atoms with Gasteiger partial charge in [0, 0.05) is 40.2 Å². The molecule has 4 aromatic carbocycles. The van der Waals surface area contributed by atoms with Gasteiger partial charge in [0.05, 0.1) is 19.6 Å². The predicted molar refractivity (Wildman–Crippen MR) is 177 cm³/mol. The summed E-state index contributed by atoms with van der Waals surface area (Å²) in [5.74, 6) is -0.0410. The van der Waals surface area contributed by atoms with E-state index in [1.807, 2.05) is 35.2 Å². The van der Waals surface area contributed by atoms with Crippen molar-refractivity contribution in [3.8, 4) is 5.75 Å². The van der Waals surface area contributed by atoms with Crippen LogP contribution in [0.2, 0.25) is 10.0 Å². The van der Waals surface area contributed by atoms with Gasteiger partial charge in [0.1, 0.15) is 11.4 Å². The molecule has 1 fully saturated rings. The first-order valence-corrected chi connectivity index (χ1v) is 15.6. The fourth-order valence-corrected chi connectivity index (χ4v) is 6.25. The molecule has 0 unspecified atom stereocenters. The number of hydrogen-bond donors (Lipinski definition) is 1. The number of esters is 1. The first kappa shape index (κ1) is 32.3. The van der Waals surface area contributed by atoms with Crippen LogP contribution < -0.4 is 10.1 Å². The normalized spacial score (nSPS) is 16.4. The van der Waals surface area contributed by atoms with Crippen molar-refractivity contribution < 1.29 is 23.9 Å². The smallest absolute Gasteiger partial charge is 0.308 e. The molecule has 0 bridgehead atoms. The van der Waals surface area contributed by atoms with E-state index >= 15 is 0 Å². The molecule has 9 heteroatoms. The lowest BCUT2D eigenvalue weighted by molar-refractivity contribution is -0.154. The number of benzene rings is 4. The molecule has 0 saturated carbocycles. The summed E-state index contributed by atoms with van der Waals surface area (Å²) >= 11 is 12.7. The number of amides is 2. The van der Waals surface area contributed by atoms with E-state index in [9.17, 15) is 14.4 Å². The number of fused-ring (bicyclic) bond motifs is 1. The van der Waals surface area contributed by atoms with Crippen molar-refractivity contribution in [1.82, 2.24) is 10.2 Å². The Morgan fingerprint density at radius 3 is 2.16 bits per heavy atom. The largest absolute Gasteiger partial charge is 0.497 e. The molecule has 7 nitrogen and oxygen atoms in total. The van der Waals surface area contributed by atoms with E-state index in [-0.39, 0.29) is 42.7 Å². The molecule has 1 aliphatic rings. The molecule has 4 aromatic rings. The molecule has 2 atom stereocenters. The molecule has 1 aliphatic heterocycles. The number of likely N-dealkylation sites (tertiary alicyclic amines) is 1. The SMILES string of the molecule is COc1ccc2cc([C@H]3C[C@@H](c4cc(Cl)cc(Cl)c4)CN3C(=O)c3ccc(C(=O)NCCC(=O)OC(C)(C)C)cc3)ccc2c1. The van der Waals surface area contributed by atoms with Crippen molar-refractivity contribution in [2.24, 2.45) is 0 Å². The van der Waals surface area contributed by atoms with Crippen LogP contribution in [0.15, 0.2) is 78.9 Å². The number of rotatable bonds is 8. The second kappa shape index (κ2) is 13.5. The number of carbonyl (C=O) groups excluding carboxylic acids is 3. The molecule has 0 radical (unpaired) electrons. The zero-order valence-corrected chi connectivity index (χ0v) is 27.2. The quantitative estimate of drug-likeness (QED) is 0.196. The minimum atomic E-state index is -0.582. The molecule has 45 heavy (non-hydrogen) atoms.